The molecule has 0 radical (unpaired) electrons. The number of aliphatic carboxylic acids is 1. The van der Waals surface area contributed by atoms with Crippen LogP contribution >= 0.6 is 0 Å². The van der Waals surface area contributed by atoms with Gasteiger partial charge < -0.3 is 16.2 Å². The van der Waals surface area contributed by atoms with Crippen LogP contribution in [0.15, 0.2) is 23.9 Å². The fraction of sp³-hybridized carbons (Fsp3) is 0.231. The maximum absolute atomic E-state index is 11.0. The topological polar surface area (TPSA) is 92.4 Å². The molecule has 0 bridgehead atoms. The minimum Gasteiger partial charge on any atom is -0.477 e. The molecule has 0 heterocycles. The van der Waals surface area contributed by atoms with E-state index in [0.29, 0.717) is 11.3 Å². The van der Waals surface area contributed by atoms with Crippen LogP contribution in [0.3, 0.4) is 0 Å². The number of rotatable bonds is 4. The number of carboxylic acids is 1. The van der Waals surface area contributed by atoms with Gasteiger partial charge in [-0.3, -0.25) is 4.79 Å². The molecule has 4 N–H and O–H groups in total. The predicted octanol–water partition coefficient (Wildman–Crippen LogP) is 1.39. The highest BCUT2D eigenvalue weighted by Gasteiger charge is 2.09. The summed E-state index contributed by atoms with van der Waals surface area (Å²) in [5.74, 6) is -1.60. The van der Waals surface area contributed by atoms with Crippen LogP contribution in [0.5, 0.6) is 0 Å². The lowest BCUT2D eigenvalue weighted by atomic mass is 10.1. The Kier molecular flexibility index (Phi) is 4.48. The molecule has 5 nitrogen and oxygen atoms in total. The maximum atomic E-state index is 11.0. The third-order valence-corrected chi connectivity index (χ3v) is 2.40. The normalized spacial score (nSPS) is 11.1. The summed E-state index contributed by atoms with van der Waals surface area (Å²) in [6.07, 6.45) is 2.17. The van der Waals surface area contributed by atoms with E-state index in [1.165, 1.54) is 13.0 Å². The van der Waals surface area contributed by atoms with Crippen LogP contribution in [0.2, 0.25) is 0 Å². The molecule has 0 spiro atoms. The van der Waals surface area contributed by atoms with Gasteiger partial charge in [0, 0.05) is 12.6 Å². The summed E-state index contributed by atoms with van der Waals surface area (Å²) in [7, 11) is 0. The Morgan fingerprint density at radius 3 is 2.61 bits per heavy atom. The third kappa shape index (κ3) is 3.62. The zero-order valence-corrected chi connectivity index (χ0v) is 10.4. The number of carbonyl (C=O) groups is 2. The molecule has 1 aromatic rings. The van der Waals surface area contributed by atoms with Crippen LogP contribution in [0.25, 0.3) is 6.08 Å². The van der Waals surface area contributed by atoms with E-state index in [1.54, 1.807) is 18.2 Å². The largest absolute Gasteiger partial charge is 0.477 e. The Hall–Kier alpha value is -2.30. The van der Waals surface area contributed by atoms with Gasteiger partial charge >= 0.3 is 5.97 Å². The number of nitrogen functional groups attached to an aromatic ring is 1. The van der Waals surface area contributed by atoms with E-state index in [0.717, 1.165) is 12.0 Å². The maximum Gasteiger partial charge on any atom is 0.352 e. The van der Waals surface area contributed by atoms with Gasteiger partial charge in [0.25, 0.3) is 0 Å². The van der Waals surface area contributed by atoms with Crippen molar-refractivity contribution in [3.8, 4) is 0 Å². The van der Waals surface area contributed by atoms with Gasteiger partial charge in [-0.25, -0.2) is 4.79 Å². The molecule has 1 aromatic carbocycles. The van der Waals surface area contributed by atoms with Crippen LogP contribution in [0.1, 0.15) is 25.0 Å². The highest BCUT2D eigenvalue weighted by molar-refractivity contribution is 5.96. The molecule has 0 saturated heterocycles. The van der Waals surface area contributed by atoms with Crippen LogP contribution < -0.4 is 11.1 Å². The molecule has 0 aliphatic heterocycles. The highest BCUT2D eigenvalue weighted by Crippen LogP contribution is 2.16. The molecule has 0 aromatic heterocycles. The standard InChI is InChI=1S/C13H16N2O3/c1-3-10-6-9(4-5-11(10)14)7-12(13(17)18)15-8(2)16/h4-7H,3,14H2,1-2H3,(H,15,16)(H,17,18). The van der Waals surface area contributed by atoms with Gasteiger partial charge in [-0.15, -0.1) is 0 Å². The second kappa shape index (κ2) is 5.86. The molecule has 1 rings (SSSR count). The molecule has 96 valence electrons. The van der Waals surface area contributed by atoms with Crippen molar-refractivity contribution < 1.29 is 14.7 Å². The molecule has 1 amide bonds. The van der Waals surface area contributed by atoms with Gasteiger partial charge in [0.05, 0.1) is 0 Å². The average Bonchev–Trinajstić information content (AvgIpc) is 2.29. The summed E-state index contributed by atoms with van der Waals surface area (Å²) in [4.78, 5) is 21.8. The number of benzene rings is 1. The van der Waals surface area contributed by atoms with Crippen molar-refractivity contribution in [1.29, 1.82) is 0 Å². The molecule has 0 fully saturated rings. The van der Waals surface area contributed by atoms with Crippen molar-refractivity contribution in [2.75, 3.05) is 5.73 Å². The number of carbonyl (C=O) groups excluding carboxylic acids is 1. The molecular formula is C13H16N2O3. The fourth-order valence-corrected chi connectivity index (χ4v) is 1.53. The first-order valence-corrected chi connectivity index (χ1v) is 5.55. The van der Waals surface area contributed by atoms with Gasteiger partial charge in [0.2, 0.25) is 5.91 Å². The summed E-state index contributed by atoms with van der Waals surface area (Å²) in [5.41, 5.74) is 7.91. The number of hydrogen-bond acceptors (Lipinski definition) is 3. The summed E-state index contributed by atoms with van der Waals surface area (Å²) < 4.78 is 0. The number of hydrogen-bond donors (Lipinski definition) is 3. The Bertz CT molecular complexity index is 507. The van der Waals surface area contributed by atoms with Crippen LogP contribution in [-0.2, 0) is 16.0 Å². The molecule has 0 aliphatic rings. The highest BCUT2D eigenvalue weighted by atomic mass is 16.4. The first kappa shape index (κ1) is 13.8. The summed E-state index contributed by atoms with van der Waals surface area (Å²) in [5, 5.41) is 11.2. The Labute approximate surface area is 105 Å². The van der Waals surface area contributed by atoms with E-state index in [2.05, 4.69) is 5.32 Å². The minimum absolute atomic E-state index is 0.158. The van der Waals surface area contributed by atoms with Gasteiger partial charge in [-0.05, 0) is 35.8 Å². The molecule has 5 heteroatoms. The zero-order valence-electron chi connectivity index (χ0n) is 10.4. The predicted molar refractivity (Wildman–Crippen MR) is 69.7 cm³/mol. The number of nitrogens with one attached hydrogen (secondary N) is 1. The lowest BCUT2D eigenvalue weighted by Gasteiger charge is -2.06. The SMILES string of the molecule is CCc1cc(C=C(NC(C)=O)C(=O)O)ccc1N. The second-order valence-corrected chi connectivity index (χ2v) is 3.86. The molecule has 0 aliphatic carbocycles. The van der Waals surface area contributed by atoms with Gasteiger partial charge in [0.1, 0.15) is 5.70 Å². The first-order valence-electron chi connectivity index (χ1n) is 5.55. The summed E-state index contributed by atoms with van der Waals surface area (Å²) in [6, 6.07) is 5.23. The van der Waals surface area contributed by atoms with E-state index >= 15 is 0 Å². The first-order chi connectivity index (χ1) is 8.43. The Morgan fingerprint density at radius 2 is 2.11 bits per heavy atom. The van der Waals surface area contributed by atoms with Crippen molar-refractivity contribution in [3.63, 3.8) is 0 Å². The van der Waals surface area contributed by atoms with Crippen LogP contribution in [0.4, 0.5) is 5.69 Å². The fourth-order valence-electron chi connectivity index (χ4n) is 1.53. The number of amides is 1. The van der Waals surface area contributed by atoms with Crippen molar-refractivity contribution in [2.45, 2.75) is 20.3 Å². The van der Waals surface area contributed by atoms with Crippen molar-refractivity contribution in [1.82, 2.24) is 5.32 Å². The van der Waals surface area contributed by atoms with Crippen LogP contribution in [0, 0.1) is 0 Å². The molecule has 0 saturated carbocycles. The van der Waals surface area contributed by atoms with E-state index < -0.39 is 11.9 Å². The Morgan fingerprint density at radius 1 is 1.44 bits per heavy atom. The number of nitrogens with two attached hydrogens (primary N) is 1. The second-order valence-electron chi connectivity index (χ2n) is 3.86. The van der Waals surface area contributed by atoms with E-state index in [1.807, 2.05) is 6.92 Å². The number of carboxylic acid groups (broad SMARTS) is 1. The number of aryl methyl sites for hydroxylation is 1. The third-order valence-electron chi connectivity index (χ3n) is 2.40. The minimum atomic E-state index is -1.18. The van der Waals surface area contributed by atoms with E-state index in [9.17, 15) is 9.59 Å². The quantitative estimate of drug-likeness (QED) is 0.554. The van der Waals surface area contributed by atoms with Crippen molar-refractivity contribution in [2.24, 2.45) is 0 Å². The van der Waals surface area contributed by atoms with Gasteiger partial charge in [-0.2, -0.15) is 0 Å². The lowest BCUT2D eigenvalue weighted by molar-refractivity contribution is -0.134. The van der Waals surface area contributed by atoms with E-state index in [4.69, 9.17) is 10.8 Å². The monoisotopic (exact) mass is 248 g/mol. The molecule has 0 atom stereocenters. The summed E-state index contributed by atoms with van der Waals surface area (Å²) >= 11 is 0. The molecule has 0 unspecified atom stereocenters. The van der Waals surface area contributed by atoms with Crippen LogP contribution in [-0.4, -0.2) is 17.0 Å². The molecular weight excluding hydrogens is 232 g/mol. The average molecular weight is 248 g/mol. The van der Waals surface area contributed by atoms with E-state index in [-0.39, 0.29) is 5.70 Å². The zero-order chi connectivity index (χ0) is 13.7. The van der Waals surface area contributed by atoms with Gasteiger partial charge in [0.15, 0.2) is 0 Å². The lowest BCUT2D eigenvalue weighted by Crippen LogP contribution is -2.24. The van der Waals surface area contributed by atoms with Gasteiger partial charge in [-0.1, -0.05) is 13.0 Å². The molecule has 18 heavy (non-hydrogen) atoms. The Balaban J connectivity index is 3.11. The van der Waals surface area contributed by atoms with Crippen molar-refractivity contribution in [3.05, 3.63) is 35.0 Å². The smallest absolute Gasteiger partial charge is 0.352 e. The number of anilines is 1. The summed E-state index contributed by atoms with van der Waals surface area (Å²) in [6.45, 7) is 3.22. The van der Waals surface area contributed by atoms with Crippen molar-refractivity contribution >= 4 is 23.6 Å².